The van der Waals surface area contributed by atoms with E-state index >= 15 is 0 Å². The lowest BCUT2D eigenvalue weighted by atomic mass is 9.49. The predicted molar refractivity (Wildman–Crippen MR) is 154 cm³/mol. The molecule has 0 radical (unpaired) electrons. The molecule has 3 fully saturated rings. The fraction of sp³-hybridized carbons (Fsp3) is 0.812. The third-order valence-electron chi connectivity index (χ3n) is 11.1. The molecular weight excluding hydrogens is 496 g/mol. The van der Waals surface area contributed by atoms with Crippen molar-refractivity contribution in [1.29, 1.82) is 0 Å². The van der Waals surface area contributed by atoms with E-state index in [1.807, 2.05) is 0 Å². The SMILES string of the molecule is CCC(O)(CC)CCS[C@@H](C)[C@H]1CC[C@H]2C3=CC=C4C[C@@H](OC(C)=O)C[C@H](OC(C)=O)[C@]4(C)[C@H]3CC[C@]12C. The zero-order chi connectivity index (χ0) is 27.9. The van der Waals surface area contributed by atoms with Crippen LogP contribution in [-0.2, 0) is 19.1 Å². The van der Waals surface area contributed by atoms with Crippen molar-refractivity contribution in [2.75, 3.05) is 5.75 Å². The molecule has 0 aromatic rings. The first kappa shape index (κ1) is 29.7. The highest BCUT2D eigenvalue weighted by molar-refractivity contribution is 7.99. The normalized spacial score (nSPS) is 37.2. The van der Waals surface area contributed by atoms with E-state index in [4.69, 9.17) is 9.47 Å². The summed E-state index contributed by atoms with van der Waals surface area (Å²) in [5, 5.41) is 11.3. The number of fused-ring (bicyclic) bond motifs is 5. The summed E-state index contributed by atoms with van der Waals surface area (Å²) in [5.74, 6) is 2.04. The van der Waals surface area contributed by atoms with E-state index in [-0.39, 0.29) is 35.0 Å². The van der Waals surface area contributed by atoms with Crippen LogP contribution in [-0.4, -0.2) is 45.9 Å². The van der Waals surface area contributed by atoms with Gasteiger partial charge in [-0.2, -0.15) is 11.8 Å². The van der Waals surface area contributed by atoms with Gasteiger partial charge in [-0.15, -0.1) is 0 Å². The van der Waals surface area contributed by atoms with Crippen LogP contribution in [0.3, 0.4) is 0 Å². The maximum Gasteiger partial charge on any atom is 0.302 e. The number of carbonyl (C=O) groups excluding carboxylic acids is 2. The largest absolute Gasteiger partial charge is 0.462 e. The first-order valence-electron chi connectivity index (χ1n) is 15.0. The molecule has 0 aromatic heterocycles. The summed E-state index contributed by atoms with van der Waals surface area (Å²) in [6.07, 6.45) is 12.7. The molecule has 6 heteroatoms. The molecule has 0 spiro atoms. The number of thioether (sulfide) groups is 1. The Morgan fingerprint density at radius 2 is 1.76 bits per heavy atom. The number of allylic oxidation sites excluding steroid dienone is 3. The molecule has 1 N–H and O–H groups in total. The van der Waals surface area contributed by atoms with E-state index in [0.29, 0.717) is 35.8 Å². The lowest BCUT2D eigenvalue weighted by Crippen LogP contribution is -2.54. The standard InChI is InChI=1S/C32H50O5S/c1-8-32(35,9-2)16-17-38-20(3)26-12-13-27-25-11-10-23-18-24(36-21(4)33)19-29(37-22(5)34)31(23,7)28(25)14-15-30(26,27)6/h10-11,20,24,26-29,35H,8-9,12-19H2,1-7H3/t20-,24+,26+,27-,28-,29-,30+,31-/m0/s1. The van der Waals surface area contributed by atoms with Gasteiger partial charge in [0.2, 0.25) is 0 Å². The molecule has 5 nitrogen and oxygen atoms in total. The lowest BCUT2D eigenvalue weighted by molar-refractivity contribution is -0.165. The topological polar surface area (TPSA) is 72.8 Å². The fourth-order valence-electron chi connectivity index (χ4n) is 8.67. The zero-order valence-electron chi connectivity index (χ0n) is 24.7. The second-order valence-corrected chi connectivity index (χ2v) is 14.5. The molecule has 3 saturated carbocycles. The third-order valence-corrected chi connectivity index (χ3v) is 12.4. The van der Waals surface area contributed by atoms with Gasteiger partial charge in [-0.05, 0) is 73.9 Å². The molecule has 0 heterocycles. The molecule has 4 aliphatic rings. The van der Waals surface area contributed by atoms with Crippen LogP contribution in [0, 0.1) is 28.6 Å². The van der Waals surface area contributed by atoms with Gasteiger partial charge in [0.05, 0.1) is 5.60 Å². The van der Waals surface area contributed by atoms with Gasteiger partial charge in [0.15, 0.2) is 0 Å². The molecule has 38 heavy (non-hydrogen) atoms. The Hall–Kier alpha value is -1.27. The Labute approximate surface area is 234 Å². The molecule has 0 saturated heterocycles. The average molecular weight is 547 g/mol. The summed E-state index contributed by atoms with van der Waals surface area (Å²) < 4.78 is 11.6. The Kier molecular flexibility index (Phi) is 8.84. The van der Waals surface area contributed by atoms with Crippen molar-refractivity contribution in [2.24, 2.45) is 28.6 Å². The third kappa shape index (κ3) is 5.38. The molecule has 0 unspecified atom stereocenters. The van der Waals surface area contributed by atoms with Crippen molar-refractivity contribution < 1.29 is 24.2 Å². The van der Waals surface area contributed by atoms with Gasteiger partial charge in [-0.3, -0.25) is 9.59 Å². The molecule has 0 bridgehead atoms. The Balaban J connectivity index is 1.54. The summed E-state index contributed by atoms with van der Waals surface area (Å²) in [5.41, 5.74) is 2.31. The van der Waals surface area contributed by atoms with Crippen molar-refractivity contribution in [3.05, 3.63) is 23.3 Å². The van der Waals surface area contributed by atoms with Gasteiger partial charge in [-0.25, -0.2) is 0 Å². The number of hydrogen-bond donors (Lipinski definition) is 1. The maximum atomic E-state index is 12.2. The van der Waals surface area contributed by atoms with Crippen LogP contribution in [0.5, 0.6) is 0 Å². The molecule has 8 atom stereocenters. The van der Waals surface area contributed by atoms with Crippen LogP contribution in [0.15, 0.2) is 23.3 Å². The number of aliphatic hydroxyl groups is 1. The van der Waals surface area contributed by atoms with Crippen molar-refractivity contribution in [2.45, 2.75) is 129 Å². The monoisotopic (exact) mass is 546 g/mol. The van der Waals surface area contributed by atoms with Gasteiger partial charge in [0.25, 0.3) is 0 Å². The van der Waals surface area contributed by atoms with E-state index in [1.165, 1.54) is 38.7 Å². The van der Waals surface area contributed by atoms with Gasteiger partial charge < -0.3 is 14.6 Å². The molecule has 4 aliphatic carbocycles. The second-order valence-electron chi connectivity index (χ2n) is 13.0. The van der Waals surface area contributed by atoms with Crippen LogP contribution < -0.4 is 0 Å². The van der Waals surface area contributed by atoms with Gasteiger partial charge in [-0.1, -0.05) is 57.9 Å². The Morgan fingerprint density at radius 3 is 2.39 bits per heavy atom. The molecular formula is C32H50O5S. The van der Waals surface area contributed by atoms with E-state index < -0.39 is 5.60 Å². The van der Waals surface area contributed by atoms with Crippen molar-refractivity contribution in [3.63, 3.8) is 0 Å². The van der Waals surface area contributed by atoms with Gasteiger partial charge in [0, 0.05) is 37.4 Å². The van der Waals surface area contributed by atoms with Crippen LogP contribution in [0.4, 0.5) is 0 Å². The van der Waals surface area contributed by atoms with Crippen molar-refractivity contribution >= 4 is 23.7 Å². The zero-order valence-corrected chi connectivity index (χ0v) is 25.5. The van der Waals surface area contributed by atoms with E-state index in [0.717, 1.165) is 31.4 Å². The van der Waals surface area contributed by atoms with Crippen LogP contribution in [0.2, 0.25) is 0 Å². The first-order chi connectivity index (χ1) is 17.9. The highest BCUT2D eigenvalue weighted by Gasteiger charge is 2.60. The highest BCUT2D eigenvalue weighted by Crippen LogP contribution is 2.66. The fourth-order valence-corrected chi connectivity index (χ4v) is 10.2. The van der Waals surface area contributed by atoms with Crippen LogP contribution in [0.25, 0.3) is 0 Å². The summed E-state index contributed by atoms with van der Waals surface area (Å²) in [6.45, 7) is 14.4. The van der Waals surface area contributed by atoms with Crippen LogP contribution >= 0.6 is 11.8 Å². The van der Waals surface area contributed by atoms with Crippen molar-refractivity contribution in [3.8, 4) is 0 Å². The number of hydrogen-bond acceptors (Lipinski definition) is 6. The Morgan fingerprint density at radius 1 is 1.08 bits per heavy atom. The highest BCUT2D eigenvalue weighted by atomic mass is 32.2. The summed E-state index contributed by atoms with van der Waals surface area (Å²) in [4.78, 5) is 23.9. The molecule has 214 valence electrons. The predicted octanol–water partition coefficient (Wildman–Crippen LogP) is 7.02. The smallest absolute Gasteiger partial charge is 0.302 e. The number of carbonyl (C=O) groups is 2. The number of esters is 2. The van der Waals surface area contributed by atoms with E-state index in [1.54, 1.807) is 5.57 Å². The average Bonchev–Trinajstić information content (AvgIpc) is 3.21. The minimum atomic E-state index is -0.522. The molecule has 0 amide bonds. The van der Waals surface area contributed by atoms with Crippen LogP contribution in [0.1, 0.15) is 106 Å². The summed E-state index contributed by atoms with van der Waals surface area (Å²) in [6, 6.07) is 0. The minimum absolute atomic E-state index is 0.244. The maximum absolute atomic E-state index is 12.2. The lowest BCUT2D eigenvalue weighted by Gasteiger charge is -2.57. The number of ether oxygens (including phenoxy) is 2. The van der Waals surface area contributed by atoms with E-state index in [2.05, 4.69) is 58.5 Å². The first-order valence-corrected chi connectivity index (χ1v) is 16.0. The molecule has 4 rings (SSSR count). The summed E-state index contributed by atoms with van der Waals surface area (Å²) in [7, 11) is 0. The Bertz CT molecular complexity index is 967. The second kappa shape index (κ2) is 11.3. The molecule has 0 aliphatic heterocycles. The number of rotatable bonds is 9. The van der Waals surface area contributed by atoms with Crippen molar-refractivity contribution in [1.82, 2.24) is 0 Å². The van der Waals surface area contributed by atoms with Gasteiger partial charge in [0.1, 0.15) is 12.2 Å². The van der Waals surface area contributed by atoms with Gasteiger partial charge >= 0.3 is 11.9 Å². The quantitative estimate of drug-likeness (QED) is 0.313. The van der Waals surface area contributed by atoms with E-state index in [9.17, 15) is 14.7 Å². The summed E-state index contributed by atoms with van der Waals surface area (Å²) >= 11 is 2.05. The minimum Gasteiger partial charge on any atom is -0.462 e. The molecule has 0 aromatic carbocycles.